The number of aromatic amines is 1. The number of hydrogen-bond acceptors (Lipinski definition) is 4. The first-order chi connectivity index (χ1) is 15.9. The maximum atomic E-state index is 13.0. The van der Waals surface area contributed by atoms with Crippen LogP contribution in [0.4, 0.5) is 0 Å². The second-order valence-electron chi connectivity index (χ2n) is 7.66. The Morgan fingerprint density at radius 1 is 1.15 bits per heavy atom. The van der Waals surface area contributed by atoms with Crippen LogP contribution in [0.3, 0.4) is 0 Å². The number of nitrogens with two attached hydrogens (primary N) is 1. The number of carbonyl (C=O) groups is 1. The summed E-state index contributed by atoms with van der Waals surface area (Å²) in [6, 6.07) is 18.1. The summed E-state index contributed by atoms with van der Waals surface area (Å²) in [4.78, 5) is 29.8. The van der Waals surface area contributed by atoms with Crippen molar-refractivity contribution < 1.29 is 9.90 Å². The van der Waals surface area contributed by atoms with Crippen molar-refractivity contribution in [1.82, 2.24) is 14.5 Å². The number of halogens is 1. The van der Waals surface area contributed by atoms with Crippen molar-refractivity contribution in [2.45, 2.75) is 19.9 Å². The quantitative estimate of drug-likeness (QED) is 0.300. The van der Waals surface area contributed by atoms with E-state index < -0.39 is 5.97 Å². The van der Waals surface area contributed by atoms with Gasteiger partial charge >= 0.3 is 0 Å². The van der Waals surface area contributed by atoms with E-state index in [2.05, 4.69) is 37.6 Å². The molecule has 0 radical (unpaired) electrons. The number of fused-ring (bicyclic) bond motifs is 4. The Balaban J connectivity index is 0.000000601. The maximum Gasteiger partial charge on any atom is 0.300 e. The zero-order valence-electron chi connectivity index (χ0n) is 18.0. The number of nitrogens with zero attached hydrogens (tertiary/aromatic N) is 2. The lowest BCUT2D eigenvalue weighted by Crippen LogP contribution is -2.11. The Kier molecular flexibility index (Phi) is 6.57. The van der Waals surface area contributed by atoms with Crippen LogP contribution in [0.25, 0.3) is 44.0 Å². The molecule has 0 atom stereocenters. The number of hydrogen-bond donors (Lipinski definition) is 3. The second-order valence-corrected chi connectivity index (χ2v) is 8.57. The zero-order valence-corrected chi connectivity index (χ0v) is 19.6. The molecule has 3 aromatic carbocycles. The minimum Gasteiger partial charge on any atom is -0.481 e. The summed E-state index contributed by atoms with van der Waals surface area (Å²) in [6.07, 6.45) is 2.88. The van der Waals surface area contributed by atoms with E-state index in [9.17, 15) is 4.79 Å². The summed E-state index contributed by atoms with van der Waals surface area (Å²) in [7, 11) is 0. The van der Waals surface area contributed by atoms with Crippen LogP contribution < -0.4 is 11.3 Å². The van der Waals surface area contributed by atoms with Crippen LogP contribution in [0, 0.1) is 0 Å². The second kappa shape index (κ2) is 9.56. The summed E-state index contributed by atoms with van der Waals surface area (Å²) in [5.41, 5.74) is 9.39. The van der Waals surface area contributed by atoms with Crippen molar-refractivity contribution in [1.29, 1.82) is 0 Å². The SMILES string of the molecule is CC(=O)O.NCCCn1cc(-c2nc3c(ccc4ccccc43)[nH]c2=O)c2cc(Br)ccc21. The minimum atomic E-state index is -0.833. The number of H-pyrrole nitrogens is 1. The molecule has 0 unspecified atom stereocenters. The molecule has 7 nitrogen and oxygen atoms in total. The number of aliphatic carboxylic acids is 1. The molecule has 168 valence electrons. The van der Waals surface area contributed by atoms with E-state index in [0.717, 1.165) is 62.6 Å². The van der Waals surface area contributed by atoms with Crippen LogP contribution in [-0.4, -0.2) is 32.2 Å². The standard InChI is InChI=1S/C23H19BrN4O.C2H4O2/c24-15-7-9-20-17(12-15)18(13-28(20)11-3-10-25)22-23(29)26-19-8-6-14-4-1-2-5-16(14)21(19)27-22;1-2(3)4/h1-2,4-9,12-13H,3,10-11,25H2,(H,26,29);1H3,(H,3,4). The number of carboxylic acids is 1. The molecule has 0 aliphatic heterocycles. The largest absolute Gasteiger partial charge is 0.481 e. The van der Waals surface area contributed by atoms with Crippen LogP contribution in [-0.2, 0) is 11.3 Å². The molecule has 2 heterocycles. The molecule has 0 aliphatic carbocycles. The summed E-state index contributed by atoms with van der Waals surface area (Å²) in [6.45, 7) is 2.50. The highest BCUT2D eigenvalue weighted by Gasteiger charge is 2.16. The Labute approximate surface area is 198 Å². The summed E-state index contributed by atoms with van der Waals surface area (Å²) in [5.74, 6) is -0.833. The minimum absolute atomic E-state index is 0.189. The molecule has 0 bridgehead atoms. The molecule has 0 amide bonds. The smallest absolute Gasteiger partial charge is 0.300 e. The van der Waals surface area contributed by atoms with Crippen molar-refractivity contribution in [2.24, 2.45) is 5.73 Å². The van der Waals surface area contributed by atoms with Gasteiger partial charge in [-0.3, -0.25) is 9.59 Å². The summed E-state index contributed by atoms with van der Waals surface area (Å²) < 4.78 is 3.11. The van der Waals surface area contributed by atoms with Crippen molar-refractivity contribution in [3.05, 3.63) is 75.6 Å². The van der Waals surface area contributed by atoms with Gasteiger partial charge in [-0.2, -0.15) is 0 Å². The number of rotatable bonds is 4. The lowest BCUT2D eigenvalue weighted by atomic mass is 10.1. The summed E-state index contributed by atoms with van der Waals surface area (Å²) in [5, 5.41) is 10.5. The van der Waals surface area contributed by atoms with E-state index in [1.165, 1.54) is 0 Å². The van der Waals surface area contributed by atoms with Crippen LogP contribution in [0.5, 0.6) is 0 Å². The first-order valence-electron chi connectivity index (χ1n) is 10.5. The molecule has 0 spiro atoms. The Morgan fingerprint density at radius 3 is 2.67 bits per heavy atom. The van der Waals surface area contributed by atoms with Gasteiger partial charge in [0.25, 0.3) is 11.5 Å². The molecular formula is C25H23BrN4O3. The number of aryl methyl sites for hydroxylation is 1. The van der Waals surface area contributed by atoms with Crippen LogP contribution >= 0.6 is 15.9 Å². The fraction of sp³-hybridized carbons (Fsp3) is 0.160. The molecule has 4 N–H and O–H groups in total. The number of carboxylic acid groups (broad SMARTS) is 1. The van der Waals surface area contributed by atoms with Crippen molar-refractivity contribution in [3.63, 3.8) is 0 Å². The summed E-state index contributed by atoms with van der Waals surface area (Å²) >= 11 is 3.56. The van der Waals surface area contributed by atoms with E-state index in [1.54, 1.807) is 0 Å². The number of benzene rings is 3. The molecule has 33 heavy (non-hydrogen) atoms. The van der Waals surface area contributed by atoms with Gasteiger partial charge in [-0.15, -0.1) is 0 Å². The average molecular weight is 507 g/mol. The average Bonchev–Trinajstić information content (AvgIpc) is 3.14. The molecule has 8 heteroatoms. The third-order valence-electron chi connectivity index (χ3n) is 5.29. The van der Waals surface area contributed by atoms with Crippen LogP contribution in [0.15, 0.2) is 70.1 Å². The van der Waals surface area contributed by atoms with Gasteiger partial charge in [0, 0.05) is 46.0 Å². The highest BCUT2D eigenvalue weighted by molar-refractivity contribution is 9.10. The first-order valence-corrected chi connectivity index (χ1v) is 11.3. The predicted molar refractivity (Wildman–Crippen MR) is 135 cm³/mol. The van der Waals surface area contributed by atoms with Gasteiger partial charge in [-0.05, 0) is 42.6 Å². The fourth-order valence-electron chi connectivity index (χ4n) is 3.91. The highest BCUT2D eigenvalue weighted by atomic mass is 79.9. The molecular weight excluding hydrogens is 484 g/mol. The molecule has 0 saturated carbocycles. The number of aromatic nitrogens is 3. The lowest BCUT2D eigenvalue weighted by Gasteiger charge is -2.05. The van der Waals surface area contributed by atoms with Gasteiger partial charge in [0.1, 0.15) is 5.69 Å². The third kappa shape index (κ3) is 4.67. The Hall–Kier alpha value is -3.49. The molecule has 5 aromatic rings. The lowest BCUT2D eigenvalue weighted by molar-refractivity contribution is -0.134. The van der Waals surface area contributed by atoms with Gasteiger partial charge in [0.2, 0.25) is 0 Å². The van der Waals surface area contributed by atoms with Crippen LogP contribution in [0.1, 0.15) is 13.3 Å². The maximum absolute atomic E-state index is 13.0. The van der Waals surface area contributed by atoms with Crippen molar-refractivity contribution in [3.8, 4) is 11.3 Å². The zero-order chi connectivity index (χ0) is 23.5. The van der Waals surface area contributed by atoms with Crippen molar-refractivity contribution in [2.75, 3.05) is 6.54 Å². The van der Waals surface area contributed by atoms with Gasteiger partial charge in [0.15, 0.2) is 0 Å². The first kappa shape index (κ1) is 22.7. The molecule has 0 aliphatic rings. The third-order valence-corrected chi connectivity index (χ3v) is 5.78. The van der Waals surface area contributed by atoms with Crippen LogP contribution in [0.2, 0.25) is 0 Å². The molecule has 2 aromatic heterocycles. The molecule has 5 rings (SSSR count). The predicted octanol–water partition coefficient (Wildman–Crippen LogP) is 4.90. The Morgan fingerprint density at radius 2 is 1.91 bits per heavy atom. The van der Waals surface area contributed by atoms with Gasteiger partial charge in [-0.25, -0.2) is 4.98 Å². The normalized spacial score (nSPS) is 11.0. The van der Waals surface area contributed by atoms with Gasteiger partial charge in [-0.1, -0.05) is 46.3 Å². The topological polar surface area (TPSA) is 114 Å². The van der Waals surface area contributed by atoms with E-state index >= 15 is 0 Å². The van der Waals surface area contributed by atoms with Gasteiger partial charge in [0.05, 0.1) is 11.0 Å². The molecule has 0 fully saturated rings. The number of nitrogens with one attached hydrogen (secondary N) is 1. The van der Waals surface area contributed by atoms with E-state index in [-0.39, 0.29) is 5.56 Å². The molecule has 0 saturated heterocycles. The van der Waals surface area contributed by atoms with Crippen molar-refractivity contribution >= 4 is 54.6 Å². The van der Waals surface area contributed by atoms with Gasteiger partial charge < -0.3 is 20.4 Å². The van der Waals surface area contributed by atoms with E-state index in [4.69, 9.17) is 20.6 Å². The van der Waals surface area contributed by atoms with E-state index in [0.29, 0.717) is 12.2 Å². The Bertz CT molecular complexity index is 1530. The monoisotopic (exact) mass is 506 g/mol. The van der Waals surface area contributed by atoms with E-state index in [1.807, 2.05) is 48.7 Å². The highest BCUT2D eigenvalue weighted by Crippen LogP contribution is 2.32. The fourth-order valence-corrected chi connectivity index (χ4v) is 4.27.